The normalized spacial score (nSPS) is 21.3. The van der Waals surface area contributed by atoms with Gasteiger partial charge in [0.25, 0.3) is 0 Å². The van der Waals surface area contributed by atoms with Gasteiger partial charge in [-0.05, 0) is 55.5 Å². The van der Waals surface area contributed by atoms with Crippen molar-refractivity contribution >= 4 is 29.2 Å². The Morgan fingerprint density at radius 2 is 1.97 bits per heavy atom. The van der Waals surface area contributed by atoms with Crippen LogP contribution in [-0.2, 0) is 33.7 Å². The number of nitrogens with zero attached hydrogens (tertiary/aromatic N) is 3. The zero-order valence-corrected chi connectivity index (χ0v) is 22.9. The summed E-state index contributed by atoms with van der Waals surface area (Å²) in [5, 5.41) is 13.8. The second-order valence-electron chi connectivity index (χ2n) is 10.1. The second-order valence-corrected chi connectivity index (χ2v) is 11.2. The van der Waals surface area contributed by atoms with Gasteiger partial charge in [0, 0.05) is 36.5 Å². The van der Waals surface area contributed by atoms with Crippen molar-refractivity contribution in [3.05, 3.63) is 59.2 Å². The SMILES string of the molecule is C=CC(=O)Nc1ccc(CCSc2nc(N3CC(C)OC(C)C3)c3c(c2C#N)CC(C(C)C)OC3)cc1. The van der Waals surface area contributed by atoms with Crippen LogP contribution in [0.2, 0.25) is 0 Å². The van der Waals surface area contributed by atoms with Crippen molar-refractivity contribution in [2.45, 2.75) is 70.5 Å². The second kappa shape index (κ2) is 12.1. The van der Waals surface area contributed by atoms with Crippen molar-refractivity contribution in [2.24, 2.45) is 5.92 Å². The molecule has 1 N–H and O–H groups in total. The number of pyridine rings is 1. The van der Waals surface area contributed by atoms with Crippen LogP contribution < -0.4 is 10.2 Å². The van der Waals surface area contributed by atoms with Gasteiger partial charge in [0.1, 0.15) is 16.9 Å². The fourth-order valence-corrected chi connectivity index (χ4v) is 5.93. The van der Waals surface area contributed by atoms with Crippen LogP contribution in [0.25, 0.3) is 0 Å². The van der Waals surface area contributed by atoms with Crippen LogP contribution in [0.3, 0.4) is 0 Å². The summed E-state index contributed by atoms with van der Waals surface area (Å²) in [4.78, 5) is 18.9. The van der Waals surface area contributed by atoms with Gasteiger partial charge in [0.05, 0.1) is 30.5 Å². The molecule has 2 aliphatic rings. The van der Waals surface area contributed by atoms with Crippen LogP contribution in [0.15, 0.2) is 41.9 Å². The Morgan fingerprint density at radius 1 is 1.27 bits per heavy atom. The number of aryl methyl sites for hydroxylation is 1. The van der Waals surface area contributed by atoms with E-state index in [0.29, 0.717) is 18.1 Å². The van der Waals surface area contributed by atoms with Crippen molar-refractivity contribution in [1.29, 1.82) is 5.26 Å². The topological polar surface area (TPSA) is 87.5 Å². The molecule has 0 saturated carbocycles. The molecule has 1 aromatic heterocycles. The van der Waals surface area contributed by atoms with Crippen LogP contribution in [-0.4, -0.2) is 48.0 Å². The molecular formula is C29H36N4O3S. The lowest BCUT2D eigenvalue weighted by Gasteiger charge is -2.39. The molecule has 2 aromatic rings. The van der Waals surface area contributed by atoms with E-state index in [1.165, 1.54) is 6.08 Å². The maximum absolute atomic E-state index is 11.5. The Bertz CT molecular complexity index is 1170. The third-order valence-corrected chi connectivity index (χ3v) is 7.79. The average Bonchev–Trinajstić information content (AvgIpc) is 2.88. The Hall–Kier alpha value is -2.86. The number of fused-ring (bicyclic) bond motifs is 1. The van der Waals surface area contributed by atoms with Crippen LogP contribution in [0.5, 0.6) is 0 Å². The first-order valence-electron chi connectivity index (χ1n) is 12.9. The van der Waals surface area contributed by atoms with Gasteiger partial charge >= 0.3 is 0 Å². The minimum atomic E-state index is -0.226. The molecule has 4 rings (SSSR count). The third kappa shape index (κ3) is 6.53. The summed E-state index contributed by atoms with van der Waals surface area (Å²) in [6, 6.07) is 10.3. The molecule has 0 aliphatic carbocycles. The van der Waals surface area contributed by atoms with E-state index in [9.17, 15) is 10.1 Å². The quantitative estimate of drug-likeness (QED) is 0.382. The van der Waals surface area contributed by atoms with E-state index in [0.717, 1.165) is 64.9 Å². The number of hydrogen-bond acceptors (Lipinski definition) is 7. The first-order chi connectivity index (χ1) is 17.8. The molecule has 3 atom stereocenters. The number of anilines is 2. The number of nitrogens with one attached hydrogen (secondary N) is 1. The van der Waals surface area contributed by atoms with Gasteiger partial charge in [0.15, 0.2) is 0 Å². The monoisotopic (exact) mass is 520 g/mol. The fraction of sp³-hybridized carbons (Fsp3) is 0.483. The van der Waals surface area contributed by atoms with Crippen molar-refractivity contribution in [2.75, 3.05) is 29.1 Å². The molecule has 0 spiro atoms. The highest BCUT2D eigenvalue weighted by molar-refractivity contribution is 7.99. The summed E-state index contributed by atoms with van der Waals surface area (Å²) < 4.78 is 12.2. The minimum Gasteiger partial charge on any atom is -0.373 e. The van der Waals surface area contributed by atoms with Crippen LogP contribution >= 0.6 is 11.8 Å². The van der Waals surface area contributed by atoms with Crippen molar-refractivity contribution in [3.63, 3.8) is 0 Å². The van der Waals surface area contributed by atoms with Crippen molar-refractivity contribution < 1.29 is 14.3 Å². The Morgan fingerprint density at radius 3 is 2.59 bits per heavy atom. The molecule has 8 heteroatoms. The number of nitriles is 1. The molecule has 37 heavy (non-hydrogen) atoms. The minimum absolute atomic E-state index is 0.0929. The zero-order chi connectivity index (χ0) is 26.5. The van der Waals surface area contributed by atoms with Crippen LogP contribution in [0, 0.1) is 17.2 Å². The molecule has 0 radical (unpaired) electrons. The van der Waals surface area contributed by atoms with Crippen molar-refractivity contribution in [3.8, 4) is 6.07 Å². The predicted molar refractivity (Wildman–Crippen MR) is 148 cm³/mol. The van der Waals surface area contributed by atoms with Crippen molar-refractivity contribution in [1.82, 2.24) is 4.98 Å². The molecule has 1 aromatic carbocycles. The van der Waals surface area contributed by atoms with Gasteiger partial charge in [-0.2, -0.15) is 5.26 Å². The number of amides is 1. The zero-order valence-electron chi connectivity index (χ0n) is 22.1. The lowest BCUT2D eigenvalue weighted by atomic mass is 9.91. The summed E-state index contributed by atoms with van der Waals surface area (Å²) in [5.74, 6) is 1.87. The molecule has 2 aliphatic heterocycles. The maximum Gasteiger partial charge on any atom is 0.247 e. The Kier molecular flexibility index (Phi) is 8.91. The average molecular weight is 521 g/mol. The lowest BCUT2D eigenvalue weighted by molar-refractivity contribution is -0.111. The molecule has 7 nitrogen and oxygen atoms in total. The number of carbonyl (C=O) groups excluding carboxylic acids is 1. The van der Waals surface area contributed by atoms with Gasteiger partial charge in [-0.25, -0.2) is 4.98 Å². The molecule has 3 unspecified atom stereocenters. The summed E-state index contributed by atoms with van der Waals surface area (Å²) in [6.07, 6.45) is 3.12. The molecule has 196 valence electrons. The first-order valence-corrected chi connectivity index (χ1v) is 13.9. The summed E-state index contributed by atoms with van der Waals surface area (Å²) in [5.41, 5.74) is 4.73. The van der Waals surface area contributed by atoms with E-state index < -0.39 is 0 Å². The number of morpholine rings is 1. The first kappa shape index (κ1) is 27.2. The third-order valence-electron chi connectivity index (χ3n) is 6.82. The predicted octanol–water partition coefficient (Wildman–Crippen LogP) is 5.12. The number of ether oxygens (including phenoxy) is 2. The summed E-state index contributed by atoms with van der Waals surface area (Å²) in [7, 11) is 0. The number of thioether (sulfide) groups is 1. The lowest BCUT2D eigenvalue weighted by Crippen LogP contribution is -2.46. The highest BCUT2D eigenvalue weighted by Crippen LogP contribution is 2.38. The largest absolute Gasteiger partial charge is 0.373 e. The molecular weight excluding hydrogens is 484 g/mol. The van der Waals surface area contributed by atoms with Crippen LogP contribution in [0.1, 0.15) is 49.9 Å². The van der Waals surface area contributed by atoms with Crippen LogP contribution in [0.4, 0.5) is 11.5 Å². The Balaban J connectivity index is 1.58. The molecule has 3 heterocycles. The van der Waals surface area contributed by atoms with E-state index in [4.69, 9.17) is 14.5 Å². The maximum atomic E-state index is 11.5. The number of hydrogen-bond donors (Lipinski definition) is 1. The van der Waals surface area contributed by atoms with E-state index in [-0.39, 0.29) is 24.2 Å². The summed E-state index contributed by atoms with van der Waals surface area (Å²) >= 11 is 1.63. The van der Waals surface area contributed by atoms with E-state index in [1.807, 2.05) is 24.3 Å². The van der Waals surface area contributed by atoms with Gasteiger partial charge in [-0.15, -0.1) is 11.8 Å². The molecule has 1 amide bonds. The Labute approximate surface area is 224 Å². The molecule has 1 fully saturated rings. The molecule has 1 saturated heterocycles. The van der Waals surface area contributed by atoms with E-state index >= 15 is 0 Å². The smallest absolute Gasteiger partial charge is 0.247 e. The highest BCUT2D eigenvalue weighted by Gasteiger charge is 2.33. The van der Waals surface area contributed by atoms with Gasteiger partial charge < -0.3 is 19.7 Å². The van der Waals surface area contributed by atoms with Gasteiger partial charge in [-0.1, -0.05) is 32.6 Å². The molecule has 0 bridgehead atoms. The van der Waals surface area contributed by atoms with E-state index in [2.05, 4.69) is 50.6 Å². The number of benzene rings is 1. The standard InChI is InChI=1S/C29H36N4O3S/c1-6-27(34)31-22-9-7-21(8-10-22)11-12-37-29-24(14-30)23-13-26(18(2)3)35-17-25(23)28(32-29)33-15-19(4)36-20(5)16-33/h6-10,18-20,26H,1,11-13,15-17H2,2-5H3,(H,31,34). The van der Waals surface area contributed by atoms with Gasteiger partial charge in [-0.3, -0.25) is 4.79 Å². The number of aromatic nitrogens is 1. The highest BCUT2D eigenvalue weighted by atomic mass is 32.2. The number of carbonyl (C=O) groups is 1. The van der Waals surface area contributed by atoms with Gasteiger partial charge in [0.2, 0.25) is 5.91 Å². The fourth-order valence-electron chi connectivity index (χ4n) is 4.94. The summed E-state index contributed by atoms with van der Waals surface area (Å²) in [6.45, 7) is 14.0. The number of rotatable bonds is 8. The van der Waals surface area contributed by atoms with E-state index in [1.54, 1.807) is 11.8 Å².